The summed E-state index contributed by atoms with van der Waals surface area (Å²) in [7, 11) is 0. The Hall–Kier alpha value is -3.22. The third-order valence-electron chi connectivity index (χ3n) is 5.46. The Kier molecular flexibility index (Phi) is 4.48. The van der Waals surface area contributed by atoms with E-state index in [2.05, 4.69) is 60.2 Å². The van der Waals surface area contributed by atoms with Gasteiger partial charge in [0.25, 0.3) is 5.95 Å². The fraction of sp³-hybridized carbons (Fsp3) is 0.333. The highest BCUT2D eigenvalue weighted by atomic mass is 15.4. The van der Waals surface area contributed by atoms with Gasteiger partial charge in [-0.1, -0.05) is 24.3 Å². The highest BCUT2D eigenvalue weighted by Gasteiger charge is 2.23. The molecule has 0 atom stereocenters. The molecule has 4 heterocycles. The average molecular weight is 373 g/mol. The number of anilines is 4. The van der Waals surface area contributed by atoms with Gasteiger partial charge in [-0.25, -0.2) is 4.98 Å². The van der Waals surface area contributed by atoms with Gasteiger partial charge in [0.1, 0.15) is 5.82 Å². The molecule has 0 saturated carbocycles. The molecule has 1 fully saturated rings. The first-order chi connectivity index (χ1) is 13.9. The number of piperazine rings is 1. The van der Waals surface area contributed by atoms with Crippen molar-refractivity contribution in [2.45, 2.75) is 12.8 Å². The summed E-state index contributed by atoms with van der Waals surface area (Å²) in [5.74, 6) is 2.62. The maximum atomic E-state index is 4.86. The van der Waals surface area contributed by atoms with Gasteiger partial charge in [0.15, 0.2) is 5.82 Å². The molecular formula is C21H23N7. The summed E-state index contributed by atoms with van der Waals surface area (Å²) in [6.45, 7) is 4.55. The molecule has 2 aliphatic heterocycles. The summed E-state index contributed by atoms with van der Waals surface area (Å²) < 4.78 is 0. The van der Waals surface area contributed by atoms with Gasteiger partial charge in [-0.2, -0.15) is 10.1 Å². The van der Waals surface area contributed by atoms with Crippen LogP contribution in [0.2, 0.25) is 0 Å². The van der Waals surface area contributed by atoms with E-state index in [1.807, 2.05) is 18.3 Å². The first-order valence-electron chi connectivity index (χ1n) is 9.84. The molecule has 1 aromatic carbocycles. The van der Waals surface area contributed by atoms with Crippen molar-refractivity contribution in [3.63, 3.8) is 0 Å². The van der Waals surface area contributed by atoms with Crippen LogP contribution in [-0.4, -0.2) is 52.9 Å². The summed E-state index contributed by atoms with van der Waals surface area (Å²) in [5, 5.41) is 8.60. The van der Waals surface area contributed by atoms with Crippen molar-refractivity contribution in [2.75, 3.05) is 47.4 Å². The summed E-state index contributed by atoms with van der Waals surface area (Å²) in [5.41, 5.74) is 2.55. The topological polar surface area (TPSA) is 61.3 Å². The number of hydrogen-bond acceptors (Lipinski definition) is 7. The normalized spacial score (nSPS) is 16.8. The van der Waals surface area contributed by atoms with Gasteiger partial charge < -0.3 is 14.7 Å². The van der Waals surface area contributed by atoms with E-state index in [0.29, 0.717) is 5.95 Å². The predicted molar refractivity (Wildman–Crippen MR) is 110 cm³/mol. The van der Waals surface area contributed by atoms with Crippen molar-refractivity contribution in [1.29, 1.82) is 0 Å². The van der Waals surface area contributed by atoms with E-state index >= 15 is 0 Å². The number of rotatable bonds is 3. The monoisotopic (exact) mass is 373 g/mol. The van der Waals surface area contributed by atoms with E-state index in [-0.39, 0.29) is 0 Å². The van der Waals surface area contributed by atoms with E-state index in [1.54, 1.807) is 6.20 Å². The largest absolute Gasteiger partial charge is 0.353 e. The minimum absolute atomic E-state index is 0.691. The lowest BCUT2D eigenvalue weighted by atomic mass is 10.0. The third kappa shape index (κ3) is 3.24. The Labute approximate surface area is 164 Å². The highest BCUT2D eigenvalue weighted by Crippen LogP contribution is 2.31. The van der Waals surface area contributed by atoms with E-state index in [4.69, 9.17) is 4.98 Å². The summed E-state index contributed by atoms with van der Waals surface area (Å²) in [4.78, 5) is 16.1. The number of aryl methyl sites for hydroxylation is 1. The molecule has 2 aromatic heterocycles. The second-order valence-electron chi connectivity index (χ2n) is 7.16. The number of hydrogen-bond donors (Lipinski definition) is 0. The van der Waals surface area contributed by atoms with Crippen LogP contribution in [0.3, 0.4) is 0 Å². The van der Waals surface area contributed by atoms with E-state index in [9.17, 15) is 0 Å². The molecule has 0 radical (unpaired) electrons. The van der Waals surface area contributed by atoms with Crippen LogP contribution in [0, 0.1) is 0 Å². The Balaban J connectivity index is 1.33. The second-order valence-corrected chi connectivity index (χ2v) is 7.16. The second kappa shape index (κ2) is 7.42. The quantitative estimate of drug-likeness (QED) is 0.699. The van der Waals surface area contributed by atoms with Gasteiger partial charge in [0.2, 0.25) is 0 Å². The van der Waals surface area contributed by atoms with Crippen molar-refractivity contribution >= 4 is 23.3 Å². The predicted octanol–water partition coefficient (Wildman–Crippen LogP) is 2.68. The number of benzene rings is 1. The minimum atomic E-state index is 0.691. The lowest BCUT2D eigenvalue weighted by Crippen LogP contribution is -2.47. The zero-order chi connectivity index (χ0) is 18.8. The molecule has 5 rings (SSSR count). The first-order valence-corrected chi connectivity index (χ1v) is 9.84. The molecule has 28 heavy (non-hydrogen) atoms. The molecule has 142 valence electrons. The maximum Gasteiger partial charge on any atom is 0.251 e. The molecule has 3 aromatic rings. The molecule has 1 saturated heterocycles. The highest BCUT2D eigenvalue weighted by molar-refractivity contribution is 5.64. The molecule has 0 aliphatic carbocycles. The lowest BCUT2D eigenvalue weighted by molar-refractivity contribution is 0.637. The van der Waals surface area contributed by atoms with Crippen LogP contribution in [0.25, 0.3) is 0 Å². The molecule has 0 bridgehead atoms. The smallest absolute Gasteiger partial charge is 0.251 e. The van der Waals surface area contributed by atoms with Crippen molar-refractivity contribution < 1.29 is 0 Å². The Morgan fingerprint density at radius 1 is 0.786 bits per heavy atom. The van der Waals surface area contributed by atoms with Crippen molar-refractivity contribution in [3.8, 4) is 0 Å². The standard InChI is InChI=1S/C21H23N7/c1-2-8-18-17(6-1)7-5-11-28(18)21-24-20(16-23-25-21)27-14-12-26(13-15-27)19-9-3-4-10-22-19/h1-4,6,8-10,16H,5,7,11-15H2. The van der Waals surface area contributed by atoms with Crippen molar-refractivity contribution in [2.24, 2.45) is 0 Å². The number of fused-ring (bicyclic) bond motifs is 1. The molecule has 0 amide bonds. The average Bonchev–Trinajstić information content (AvgIpc) is 2.79. The fourth-order valence-corrected chi connectivity index (χ4v) is 4.00. The summed E-state index contributed by atoms with van der Waals surface area (Å²) in [6, 6.07) is 14.6. The van der Waals surface area contributed by atoms with Gasteiger partial charge in [-0.3, -0.25) is 0 Å². The Bertz CT molecular complexity index is 938. The van der Waals surface area contributed by atoms with Crippen LogP contribution in [0.5, 0.6) is 0 Å². The van der Waals surface area contributed by atoms with Crippen LogP contribution in [0.15, 0.2) is 54.9 Å². The summed E-state index contributed by atoms with van der Waals surface area (Å²) >= 11 is 0. The zero-order valence-corrected chi connectivity index (χ0v) is 15.8. The minimum Gasteiger partial charge on any atom is -0.353 e. The number of nitrogens with zero attached hydrogens (tertiary/aromatic N) is 7. The van der Waals surface area contributed by atoms with E-state index in [0.717, 1.165) is 57.2 Å². The Morgan fingerprint density at radius 2 is 1.57 bits per heavy atom. The fourth-order valence-electron chi connectivity index (χ4n) is 4.00. The molecular weight excluding hydrogens is 350 g/mol. The van der Waals surface area contributed by atoms with Gasteiger partial charge in [0, 0.05) is 44.6 Å². The van der Waals surface area contributed by atoms with Crippen LogP contribution < -0.4 is 14.7 Å². The van der Waals surface area contributed by atoms with Gasteiger partial charge in [0.05, 0.1) is 6.20 Å². The van der Waals surface area contributed by atoms with Crippen molar-refractivity contribution in [1.82, 2.24) is 20.2 Å². The molecule has 0 N–H and O–H groups in total. The summed E-state index contributed by atoms with van der Waals surface area (Å²) in [6.07, 6.45) is 5.83. The number of para-hydroxylation sites is 1. The van der Waals surface area contributed by atoms with Crippen molar-refractivity contribution in [3.05, 3.63) is 60.4 Å². The SMILES string of the molecule is c1ccc(N2CCN(c3cnnc(N4CCCc5ccccc54)n3)CC2)nc1. The Morgan fingerprint density at radius 3 is 2.39 bits per heavy atom. The lowest BCUT2D eigenvalue weighted by Gasteiger charge is -2.36. The van der Waals surface area contributed by atoms with Crippen LogP contribution in [0.1, 0.15) is 12.0 Å². The maximum absolute atomic E-state index is 4.86. The van der Waals surface area contributed by atoms with Gasteiger partial charge in [-0.15, -0.1) is 5.10 Å². The molecule has 7 nitrogen and oxygen atoms in total. The number of aromatic nitrogens is 4. The first kappa shape index (κ1) is 16.9. The van der Waals surface area contributed by atoms with Crippen LogP contribution in [0.4, 0.5) is 23.3 Å². The zero-order valence-electron chi connectivity index (χ0n) is 15.8. The molecule has 7 heteroatoms. The van der Waals surface area contributed by atoms with Crippen LogP contribution >= 0.6 is 0 Å². The van der Waals surface area contributed by atoms with Gasteiger partial charge >= 0.3 is 0 Å². The van der Waals surface area contributed by atoms with E-state index < -0.39 is 0 Å². The molecule has 0 unspecified atom stereocenters. The number of pyridine rings is 1. The molecule has 0 spiro atoms. The van der Waals surface area contributed by atoms with E-state index in [1.165, 1.54) is 11.3 Å². The molecule has 2 aliphatic rings. The van der Waals surface area contributed by atoms with Crippen LogP contribution in [-0.2, 0) is 6.42 Å². The van der Waals surface area contributed by atoms with Gasteiger partial charge in [-0.05, 0) is 36.6 Å². The third-order valence-corrected chi connectivity index (χ3v) is 5.46.